The Morgan fingerprint density at radius 3 is 2.77 bits per heavy atom. The summed E-state index contributed by atoms with van der Waals surface area (Å²) in [6, 6.07) is 7.64. The number of amides is 1. The summed E-state index contributed by atoms with van der Waals surface area (Å²) in [5.74, 6) is 0.603. The smallest absolute Gasteiger partial charge is 0.289 e. The molecule has 0 bridgehead atoms. The van der Waals surface area contributed by atoms with E-state index in [9.17, 15) is 4.79 Å². The molecule has 1 aliphatic rings. The van der Waals surface area contributed by atoms with Crippen molar-refractivity contribution in [1.82, 2.24) is 24.8 Å². The number of hydrogen-bond donors (Lipinski definition) is 1. The standard InChI is InChI=1S/C16H15N5O/c1-10-14(18-7-6-17-10)11-8-21(9-11)16(22)15-19-12-4-2-3-5-13(12)20-15/h2-7,11H,8-9H2,1H3,(H,19,20). The summed E-state index contributed by atoms with van der Waals surface area (Å²) < 4.78 is 0. The zero-order valence-corrected chi connectivity index (χ0v) is 12.2. The fourth-order valence-corrected chi connectivity index (χ4v) is 2.84. The summed E-state index contributed by atoms with van der Waals surface area (Å²) in [7, 11) is 0. The first-order valence-electron chi connectivity index (χ1n) is 7.24. The topological polar surface area (TPSA) is 74.8 Å². The lowest BCUT2D eigenvalue weighted by atomic mass is 9.94. The Kier molecular flexibility index (Phi) is 2.89. The molecule has 0 aliphatic carbocycles. The Labute approximate surface area is 127 Å². The zero-order chi connectivity index (χ0) is 15.1. The van der Waals surface area contributed by atoms with Crippen molar-refractivity contribution in [2.24, 2.45) is 0 Å². The second-order valence-corrected chi connectivity index (χ2v) is 5.54. The van der Waals surface area contributed by atoms with Crippen molar-refractivity contribution in [3.05, 3.63) is 53.9 Å². The largest absolute Gasteiger partial charge is 0.335 e. The highest BCUT2D eigenvalue weighted by atomic mass is 16.2. The van der Waals surface area contributed by atoms with E-state index in [-0.39, 0.29) is 11.8 Å². The summed E-state index contributed by atoms with van der Waals surface area (Å²) in [5.41, 5.74) is 3.61. The number of fused-ring (bicyclic) bond motifs is 1. The summed E-state index contributed by atoms with van der Waals surface area (Å²) in [6.45, 7) is 3.27. The number of aromatic amines is 1. The van der Waals surface area contributed by atoms with E-state index >= 15 is 0 Å². The Balaban J connectivity index is 1.50. The molecule has 1 amide bonds. The molecule has 0 radical (unpaired) electrons. The second-order valence-electron chi connectivity index (χ2n) is 5.54. The monoisotopic (exact) mass is 293 g/mol. The van der Waals surface area contributed by atoms with Crippen molar-refractivity contribution in [3.63, 3.8) is 0 Å². The molecule has 6 heteroatoms. The lowest BCUT2D eigenvalue weighted by molar-refractivity contribution is 0.0586. The molecule has 22 heavy (non-hydrogen) atoms. The molecule has 1 fully saturated rings. The Morgan fingerprint density at radius 2 is 2.00 bits per heavy atom. The molecule has 2 aromatic heterocycles. The van der Waals surface area contributed by atoms with Crippen molar-refractivity contribution < 1.29 is 4.79 Å². The number of aryl methyl sites for hydroxylation is 1. The molecule has 3 aromatic rings. The van der Waals surface area contributed by atoms with E-state index in [4.69, 9.17) is 0 Å². The molecule has 6 nitrogen and oxygen atoms in total. The van der Waals surface area contributed by atoms with Gasteiger partial charge in [0, 0.05) is 31.4 Å². The Hall–Kier alpha value is -2.76. The highest BCUT2D eigenvalue weighted by Gasteiger charge is 2.35. The molecule has 1 aliphatic heterocycles. The quantitative estimate of drug-likeness (QED) is 0.783. The average molecular weight is 293 g/mol. The molecule has 0 unspecified atom stereocenters. The number of hydrogen-bond acceptors (Lipinski definition) is 4. The molecular formula is C16H15N5O. The van der Waals surface area contributed by atoms with E-state index in [2.05, 4.69) is 19.9 Å². The van der Waals surface area contributed by atoms with Gasteiger partial charge in [-0.25, -0.2) is 4.98 Å². The molecule has 0 atom stereocenters. The third-order valence-electron chi connectivity index (χ3n) is 4.07. The van der Waals surface area contributed by atoms with Crippen LogP contribution >= 0.6 is 0 Å². The van der Waals surface area contributed by atoms with Gasteiger partial charge in [0.05, 0.1) is 22.4 Å². The van der Waals surface area contributed by atoms with Gasteiger partial charge in [-0.15, -0.1) is 0 Å². The van der Waals surface area contributed by atoms with Crippen molar-refractivity contribution in [3.8, 4) is 0 Å². The average Bonchev–Trinajstić information content (AvgIpc) is 2.91. The van der Waals surface area contributed by atoms with Crippen LogP contribution in [0.25, 0.3) is 11.0 Å². The van der Waals surface area contributed by atoms with Gasteiger partial charge >= 0.3 is 0 Å². The number of para-hydroxylation sites is 2. The maximum atomic E-state index is 12.5. The molecule has 0 spiro atoms. The number of imidazole rings is 1. The third kappa shape index (κ3) is 2.04. The van der Waals surface area contributed by atoms with Gasteiger partial charge in [0.25, 0.3) is 5.91 Å². The van der Waals surface area contributed by atoms with Crippen LogP contribution in [0.15, 0.2) is 36.7 Å². The van der Waals surface area contributed by atoms with Crippen LogP contribution in [0.2, 0.25) is 0 Å². The molecule has 1 saturated heterocycles. The van der Waals surface area contributed by atoms with Crippen LogP contribution in [0, 0.1) is 6.92 Å². The van der Waals surface area contributed by atoms with Crippen molar-refractivity contribution in [1.29, 1.82) is 0 Å². The molecule has 4 rings (SSSR count). The first kappa shape index (κ1) is 12.9. The minimum absolute atomic E-state index is 0.0611. The van der Waals surface area contributed by atoms with Crippen LogP contribution in [-0.4, -0.2) is 43.8 Å². The van der Waals surface area contributed by atoms with Crippen LogP contribution in [0.3, 0.4) is 0 Å². The molecule has 1 N–H and O–H groups in total. The minimum atomic E-state index is -0.0611. The molecule has 3 heterocycles. The number of nitrogens with zero attached hydrogens (tertiary/aromatic N) is 4. The fraction of sp³-hybridized carbons (Fsp3) is 0.250. The summed E-state index contributed by atoms with van der Waals surface area (Å²) in [6.07, 6.45) is 3.39. The number of nitrogens with one attached hydrogen (secondary N) is 1. The van der Waals surface area contributed by atoms with Gasteiger partial charge in [0.1, 0.15) is 0 Å². The van der Waals surface area contributed by atoms with Gasteiger partial charge < -0.3 is 9.88 Å². The number of carbonyl (C=O) groups excluding carboxylic acids is 1. The van der Waals surface area contributed by atoms with Crippen LogP contribution in [0.5, 0.6) is 0 Å². The Bertz CT molecular complexity index is 817. The maximum Gasteiger partial charge on any atom is 0.289 e. The zero-order valence-electron chi connectivity index (χ0n) is 12.2. The van der Waals surface area contributed by atoms with Gasteiger partial charge in [-0.1, -0.05) is 12.1 Å². The van der Waals surface area contributed by atoms with Crippen LogP contribution < -0.4 is 0 Å². The van der Waals surface area contributed by atoms with E-state index in [0.717, 1.165) is 22.4 Å². The van der Waals surface area contributed by atoms with Crippen LogP contribution in [-0.2, 0) is 0 Å². The highest BCUT2D eigenvalue weighted by molar-refractivity contribution is 5.94. The van der Waals surface area contributed by atoms with Gasteiger partial charge in [0.15, 0.2) is 5.82 Å². The highest BCUT2D eigenvalue weighted by Crippen LogP contribution is 2.28. The van der Waals surface area contributed by atoms with E-state index in [1.165, 1.54) is 0 Å². The minimum Gasteiger partial charge on any atom is -0.335 e. The van der Waals surface area contributed by atoms with Crippen molar-refractivity contribution in [2.75, 3.05) is 13.1 Å². The normalized spacial score (nSPS) is 15.0. The van der Waals surface area contributed by atoms with Crippen LogP contribution in [0.1, 0.15) is 27.9 Å². The van der Waals surface area contributed by atoms with Crippen LogP contribution in [0.4, 0.5) is 0 Å². The molecular weight excluding hydrogens is 278 g/mol. The predicted octanol–water partition coefficient (Wildman–Crippen LogP) is 1.90. The number of benzene rings is 1. The fourth-order valence-electron chi connectivity index (χ4n) is 2.84. The van der Waals surface area contributed by atoms with Gasteiger partial charge in [-0.3, -0.25) is 14.8 Å². The lowest BCUT2D eigenvalue weighted by Crippen LogP contribution is -2.49. The first-order valence-corrected chi connectivity index (χ1v) is 7.24. The van der Waals surface area contributed by atoms with Crippen molar-refractivity contribution >= 4 is 16.9 Å². The van der Waals surface area contributed by atoms with Gasteiger partial charge in [-0.05, 0) is 19.1 Å². The lowest BCUT2D eigenvalue weighted by Gasteiger charge is -2.38. The molecule has 0 saturated carbocycles. The van der Waals surface area contributed by atoms with Crippen molar-refractivity contribution in [2.45, 2.75) is 12.8 Å². The summed E-state index contributed by atoms with van der Waals surface area (Å²) in [4.78, 5) is 30.3. The summed E-state index contributed by atoms with van der Waals surface area (Å²) >= 11 is 0. The molecule has 110 valence electrons. The van der Waals surface area contributed by atoms with Gasteiger partial charge in [-0.2, -0.15) is 0 Å². The predicted molar refractivity (Wildman–Crippen MR) is 81.5 cm³/mol. The number of likely N-dealkylation sites (tertiary alicyclic amines) is 1. The summed E-state index contributed by atoms with van der Waals surface area (Å²) in [5, 5.41) is 0. The number of aromatic nitrogens is 4. The van der Waals surface area contributed by atoms with Gasteiger partial charge in [0.2, 0.25) is 0 Å². The van der Waals surface area contributed by atoms with E-state index in [1.807, 2.05) is 31.2 Å². The van der Waals surface area contributed by atoms with E-state index in [1.54, 1.807) is 17.3 Å². The maximum absolute atomic E-state index is 12.5. The first-order chi connectivity index (χ1) is 10.7. The number of carbonyl (C=O) groups is 1. The third-order valence-corrected chi connectivity index (χ3v) is 4.07. The second kappa shape index (κ2) is 4.91. The Morgan fingerprint density at radius 1 is 1.23 bits per heavy atom. The van der Waals surface area contributed by atoms with E-state index in [0.29, 0.717) is 18.9 Å². The van der Waals surface area contributed by atoms with E-state index < -0.39 is 0 Å². The number of rotatable bonds is 2. The number of H-pyrrole nitrogens is 1. The SMILES string of the molecule is Cc1nccnc1C1CN(C(=O)c2nc3ccccc3[nH]2)C1. The molecule has 1 aromatic carbocycles.